The highest BCUT2D eigenvalue weighted by Gasteiger charge is 2.19. The molecule has 1 aromatic carbocycles. The summed E-state index contributed by atoms with van der Waals surface area (Å²) in [5.41, 5.74) is 9.50. The first-order chi connectivity index (χ1) is 8.83. The Hall–Kier alpha value is -1.90. The van der Waals surface area contributed by atoms with Crippen LogP contribution in [0.1, 0.15) is 35.6 Å². The van der Waals surface area contributed by atoms with Gasteiger partial charge < -0.3 is 5.73 Å². The lowest BCUT2D eigenvalue weighted by molar-refractivity contribution is 0.609. The standard InChI is InChI=1S/C15H17N3/c16-15-17-10-13-8-4-7-12(9-14(13)18-15)11-5-2-1-3-6-11/h1-3,5-6,10,12H,4,7-9H2,(H2,16,17,18). The molecule has 0 radical (unpaired) electrons. The lowest BCUT2D eigenvalue weighted by atomic mass is 9.91. The number of aromatic nitrogens is 2. The average molecular weight is 239 g/mol. The van der Waals surface area contributed by atoms with Gasteiger partial charge in [-0.05, 0) is 42.7 Å². The zero-order chi connectivity index (χ0) is 12.4. The molecule has 1 aliphatic rings. The summed E-state index contributed by atoms with van der Waals surface area (Å²) in [6.45, 7) is 0. The minimum absolute atomic E-state index is 0.391. The van der Waals surface area contributed by atoms with E-state index in [1.807, 2.05) is 6.20 Å². The van der Waals surface area contributed by atoms with Gasteiger partial charge in [0.15, 0.2) is 0 Å². The largest absolute Gasteiger partial charge is 0.368 e. The number of hydrogen-bond acceptors (Lipinski definition) is 3. The molecule has 2 aromatic rings. The summed E-state index contributed by atoms with van der Waals surface area (Å²) < 4.78 is 0. The summed E-state index contributed by atoms with van der Waals surface area (Å²) in [6, 6.07) is 10.7. The number of benzene rings is 1. The van der Waals surface area contributed by atoms with Crippen LogP contribution in [0.15, 0.2) is 36.5 Å². The number of aryl methyl sites for hydroxylation is 1. The molecule has 0 amide bonds. The van der Waals surface area contributed by atoms with Gasteiger partial charge in [0.25, 0.3) is 0 Å². The summed E-state index contributed by atoms with van der Waals surface area (Å²) >= 11 is 0. The molecule has 0 fully saturated rings. The predicted molar refractivity (Wildman–Crippen MR) is 72.3 cm³/mol. The van der Waals surface area contributed by atoms with Crippen LogP contribution in [0.25, 0.3) is 0 Å². The Morgan fingerprint density at radius 1 is 1.17 bits per heavy atom. The molecule has 1 unspecified atom stereocenters. The predicted octanol–water partition coefficient (Wildman–Crippen LogP) is 2.72. The van der Waals surface area contributed by atoms with Crippen LogP contribution in [0.3, 0.4) is 0 Å². The normalized spacial score (nSPS) is 19.0. The Bertz CT molecular complexity index is 537. The van der Waals surface area contributed by atoms with E-state index in [-0.39, 0.29) is 0 Å². The summed E-state index contributed by atoms with van der Waals surface area (Å²) in [5.74, 6) is 0.948. The molecule has 3 nitrogen and oxygen atoms in total. The molecule has 3 heteroatoms. The zero-order valence-corrected chi connectivity index (χ0v) is 10.3. The second-order valence-corrected chi connectivity index (χ2v) is 4.90. The van der Waals surface area contributed by atoms with Crippen molar-refractivity contribution in [3.63, 3.8) is 0 Å². The fourth-order valence-corrected chi connectivity index (χ4v) is 2.73. The second-order valence-electron chi connectivity index (χ2n) is 4.90. The third kappa shape index (κ3) is 2.21. The number of nitrogens with two attached hydrogens (primary N) is 1. The topological polar surface area (TPSA) is 51.8 Å². The maximum Gasteiger partial charge on any atom is 0.220 e. The van der Waals surface area contributed by atoms with Crippen LogP contribution in [0, 0.1) is 0 Å². The van der Waals surface area contributed by atoms with E-state index in [0.29, 0.717) is 11.9 Å². The van der Waals surface area contributed by atoms with E-state index in [2.05, 4.69) is 40.3 Å². The van der Waals surface area contributed by atoms with Crippen molar-refractivity contribution in [3.8, 4) is 0 Å². The Morgan fingerprint density at radius 3 is 2.83 bits per heavy atom. The molecular weight excluding hydrogens is 222 g/mol. The first kappa shape index (κ1) is 11.2. The third-order valence-electron chi connectivity index (χ3n) is 3.68. The highest BCUT2D eigenvalue weighted by atomic mass is 15.0. The Balaban J connectivity index is 1.92. The van der Waals surface area contributed by atoms with E-state index in [1.54, 1.807) is 0 Å². The molecule has 0 saturated heterocycles. The SMILES string of the molecule is Nc1ncc2c(n1)CC(c1ccccc1)CCC2. The van der Waals surface area contributed by atoms with Gasteiger partial charge in [-0.1, -0.05) is 30.3 Å². The van der Waals surface area contributed by atoms with E-state index in [0.717, 1.165) is 18.5 Å². The van der Waals surface area contributed by atoms with Gasteiger partial charge in [-0.15, -0.1) is 0 Å². The van der Waals surface area contributed by atoms with Crippen LogP contribution < -0.4 is 5.73 Å². The van der Waals surface area contributed by atoms with Gasteiger partial charge in [0, 0.05) is 11.9 Å². The van der Waals surface area contributed by atoms with Crippen molar-refractivity contribution in [2.75, 3.05) is 5.73 Å². The van der Waals surface area contributed by atoms with Crippen molar-refractivity contribution in [2.24, 2.45) is 0 Å². The summed E-state index contributed by atoms with van der Waals surface area (Å²) in [4.78, 5) is 8.51. The molecule has 1 aromatic heterocycles. The van der Waals surface area contributed by atoms with Crippen LogP contribution in [-0.4, -0.2) is 9.97 Å². The van der Waals surface area contributed by atoms with Crippen molar-refractivity contribution >= 4 is 5.95 Å². The van der Waals surface area contributed by atoms with Crippen molar-refractivity contribution in [3.05, 3.63) is 53.3 Å². The van der Waals surface area contributed by atoms with Gasteiger partial charge >= 0.3 is 0 Å². The first-order valence-electron chi connectivity index (χ1n) is 6.48. The lowest BCUT2D eigenvalue weighted by Gasteiger charge is -2.14. The van der Waals surface area contributed by atoms with Crippen LogP contribution in [0.4, 0.5) is 5.95 Å². The maximum atomic E-state index is 5.69. The lowest BCUT2D eigenvalue weighted by Crippen LogP contribution is -2.06. The van der Waals surface area contributed by atoms with Gasteiger partial charge in [0.2, 0.25) is 5.95 Å². The Kier molecular flexibility index (Phi) is 2.97. The van der Waals surface area contributed by atoms with Crippen molar-refractivity contribution in [1.29, 1.82) is 0 Å². The quantitative estimate of drug-likeness (QED) is 0.778. The van der Waals surface area contributed by atoms with Gasteiger partial charge in [-0.3, -0.25) is 0 Å². The minimum atomic E-state index is 0.391. The number of hydrogen-bond donors (Lipinski definition) is 1. The van der Waals surface area contributed by atoms with Crippen LogP contribution in [0.2, 0.25) is 0 Å². The molecule has 2 N–H and O–H groups in total. The van der Waals surface area contributed by atoms with E-state index < -0.39 is 0 Å². The molecule has 18 heavy (non-hydrogen) atoms. The Labute approximate surface area is 107 Å². The monoisotopic (exact) mass is 239 g/mol. The van der Waals surface area contributed by atoms with Crippen LogP contribution in [-0.2, 0) is 12.8 Å². The second kappa shape index (κ2) is 4.77. The molecule has 1 heterocycles. The van der Waals surface area contributed by atoms with E-state index in [4.69, 9.17) is 5.73 Å². The third-order valence-corrected chi connectivity index (χ3v) is 3.68. The van der Waals surface area contributed by atoms with E-state index >= 15 is 0 Å². The molecule has 0 aliphatic heterocycles. The zero-order valence-electron chi connectivity index (χ0n) is 10.3. The molecule has 1 atom stereocenters. The van der Waals surface area contributed by atoms with Gasteiger partial charge in [0.1, 0.15) is 0 Å². The first-order valence-corrected chi connectivity index (χ1v) is 6.48. The number of anilines is 1. The number of rotatable bonds is 1. The molecule has 0 spiro atoms. The van der Waals surface area contributed by atoms with E-state index in [9.17, 15) is 0 Å². The van der Waals surface area contributed by atoms with Crippen LogP contribution >= 0.6 is 0 Å². The van der Waals surface area contributed by atoms with E-state index in [1.165, 1.54) is 24.0 Å². The molecule has 0 saturated carbocycles. The Morgan fingerprint density at radius 2 is 2.00 bits per heavy atom. The molecule has 3 rings (SSSR count). The van der Waals surface area contributed by atoms with Gasteiger partial charge in [-0.25, -0.2) is 9.97 Å². The molecule has 1 aliphatic carbocycles. The molecular formula is C15H17N3. The summed E-state index contributed by atoms with van der Waals surface area (Å²) in [5, 5.41) is 0. The van der Waals surface area contributed by atoms with Gasteiger partial charge in [0.05, 0.1) is 0 Å². The smallest absolute Gasteiger partial charge is 0.220 e. The molecule has 92 valence electrons. The number of nitrogens with zero attached hydrogens (tertiary/aromatic N) is 2. The van der Waals surface area contributed by atoms with Crippen molar-refractivity contribution < 1.29 is 0 Å². The maximum absolute atomic E-state index is 5.69. The number of nitrogen functional groups attached to an aromatic ring is 1. The highest BCUT2D eigenvalue weighted by Crippen LogP contribution is 2.30. The minimum Gasteiger partial charge on any atom is -0.368 e. The average Bonchev–Trinajstić information content (AvgIpc) is 2.61. The van der Waals surface area contributed by atoms with Crippen LogP contribution in [0.5, 0.6) is 0 Å². The molecule has 0 bridgehead atoms. The highest BCUT2D eigenvalue weighted by molar-refractivity contribution is 5.30. The fraction of sp³-hybridized carbons (Fsp3) is 0.333. The summed E-state index contributed by atoms with van der Waals surface area (Å²) in [7, 11) is 0. The van der Waals surface area contributed by atoms with Gasteiger partial charge in [-0.2, -0.15) is 0 Å². The van der Waals surface area contributed by atoms with Crippen molar-refractivity contribution in [1.82, 2.24) is 9.97 Å². The fourth-order valence-electron chi connectivity index (χ4n) is 2.73. The number of fused-ring (bicyclic) bond motifs is 1. The van der Waals surface area contributed by atoms with Crippen molar-refractivity contribution in [2.45, 2.75) is 31.6 Å². The summed E-state index contributed by atoms with van der Waals surface area (Å²) in [6.07, 6.45) is 6.34.